The van der Waals surface area contributed by atoms with Gasteiger partial charge in [0.25, 0.3) is 0 Å². The number of hydrogen-bond acceptors (Lipinski definition) is 5. The first kappa shape index (κ1) is 16.4. The summed E-state index contributed by atoms with van der Waals surface area (Å²) in [4.78, 5) is 4.59. The van der Waals surface area contributed by atoms with Crippen molar-refractivity contribution in [3.8, 4) is 0 Å². The Morgan fingerprint density at radius 1 is 1.43 bits per heavy atom. The Morgan fingerprint density at radius 3 is 2.81 bits per heavy atom. The SMILES string of the molecule is COC1(c2noc(CCNC(C)(C)C)n2)CCCC(C)C1. The monoisotopic (exact) mass is 295 g/mol. The van der Waals surface area contributed by atoms with Crippen LogP contribution in [0.3, 0.4) is 0 Å². The summed E-state index contributed by atoms with van der Waals surface area (Å²) >= 11 is 0. The average Bonchev–Trinajstić information content (AvgIpc) is 2.86. The molecule has 1 N–H and O–H groups in total. The molecule has 1 fully saturated rings. The Morgan fingerprint density at radius 2 is 2.19 bits per heavy atom. The van der Waals surface area contributed by atoms with Gasteiger partial charge < -0.3 is 14.6 Å². The van der Waals surface area contributed by atoms with Crippen molar-refractivity contribution in [3.05, 3.63) is 11.7 Å². The minimum Gasteiger partial charge on any atom is -0.370 e. The number of ether oxygens (including phenoxy) is 1. The third kappa shape index (κ3) is 4.27. The van der Waals surface area contributed by atoms with Gasteiger partial charge in [-0.25, -0.2) is 0 Å². The van der Waals surface area contributed by atoms with Crippen molar-refractivity contribution in [2.45, 2.75) is 70.9 Å². The molecule has 1 aromatic rings. The van der Waals surface area contributed by atoms with Crippen LogP contribution in [0.15, 0.2) is 4.52 Å². The van der Waals surface area contributed by atoms with Crippen LogP contribution in [0.1, 0.15) is 65.1 Å². The smallest absolute Gasteiger partial charge is 0.228 e. The predicted molar refractivity (Wildman–Crippen MR) is 82.1 cm³/mol. The molecule has 2 atom stereocenters. The van der Waals surface area contributed by atoms with Crippen molar-refractivity contribution in [3.63, 3.8) is 0 Å². The summed E-state index contributed by atoms with van der Waals surface area (Å²) in [6.07, 6.45) is 5.12. The maximum Gasteiger partial charge on any atom is 0.228 e. The van der Waals surface area contributed by atoms with Gasteiger partial charge in [-0.1, -0.05) is 18.5 Å². The molecule has 1 saturated carbocycles. The number of rotatable bonds is 5. The zero-order chi connectivity index (χ0) is 15.5. The highest BCUT2D eigenvalue weighted by Gasteiger charge is 2.40. The van der Waals surface area contributed by atoms with Gasteiger partial charge in [-0.15, -0.1) is 0 Å². The van der Waals surface area contributed by atoms with E-state index in [-0.39, 0.29) is 11.1 Å². The van der Waals surface area contributed by atoms with Crippen molar-refractivity contribution in [2.75, 3.05) is 13.7 Å². The number of aromatic nitrogens is 2. The fourth-order valence-electron chi connectivity index (χ4n) is 3.07. The van der Waals surface area contributed by atoms with Crippen LogP contribution in [-0.2, 0) is 16.8 Å². The van der Waals surface area contributed by atoms with Crippen LogP contribution in [0.4, 0.5) is 0 Å². The lowest BCUT2D eigenvalue weighted by molar-refractivity contribution is -0.0658. The first-order chi connectivity index (χ1) is 9.85. The predicted octanol–water partition coefficient (Wildman–Crippen LogP) is 3.05. The molecule has 0 aliphatic heterocycles. The van der Waals surface area contributed by atoms with Gasteiger partial charge >= 0.3 is 0 Å². The Hall–Kier alpha value is -0.940. The molecular weight excluding hydrogens is 266 g/mol. The molecule has 1 heterocycles. The zero-order valence-electron chi connectivity index (χ0n) is 14.0. The molecule has 21 heavy (non-hydrogen) atoms. The van der Waals surface area contributed by atoms with Gasteiger partial charge in [0, 0.05) is 25.6 Å². The van der Waals surface area contributed by atoms with E-state index in [0.717, 1.165) is 38.1 Å². The standard InChI is InChI=1S/C16H29N3O2/c1-12-7-6-9-16(11-12,20-5)14-18-13(21-19-14)8-10-17-15(2,3)4/h12,17H,6-11H2,1-5H3. The molecule has 0 aromatic carbocycles. The second-order valence-corrected chi connectivity index (χ2v) is 7.34. The topological polar surface area (TPSA) is 60.2 Å². The van der Waals surface area contributed by atoms with E-state index in [4.69, 9.17) is 9.26 Å². The molecule has 1 aliphatic rings. The summed E-state index contributed by atoms with van der Waals surface area (Å²) < 4.78 is 11.2. The molecule has 2 rings (SSSR count). The van der Waals surface area contributed by atoms with E-state index in [2.05, 4.69) is 43.2 Å². The van der Waals surface area contributed by atoms with Crippen molar-refractivity contribution in [1.29, 1.82) is 0 Å². The second kappa shape index (κ2) is 6.44. The van der Waals surface area contributed by atoms with E-state index in [9.17, 15) is 0 Å². The first-order valence-electron chi connectivity index (χ1n) is 7.98. The molecule has 0 saturated heterocycles. The highest BCUT2D eigenvalue weighted by molar-refractivity contribution is 5.04. The molecule has 0 spiro atoms. The van der Waals surface area contributed by atoms with Crippen LogP contribution in [0.5, 0.6) is 0 Å². The minimum absolute atomic E-state index is 0.107. The normalized spacial score (nSPS) is 27.0. The number of hydrogen-bond donors (Lipinski definition) is 1. The summed E-state index contributed by atoms with van der Waals surface area (Å²) in [6, 6.07) is 0. The van der Waals surface area contributed by atoms with Gasteiger partial charge in [0.2, 0.25) is 11.7 Å². The third-order valence-corrected chi connectivity index (χ3v) is 4.22. The molecule has 0 radical (unpaired) electrons. The van der Waals surface area contributed by atoms with Crippen molar-refractivity contribution in [2.24, 2.45) is 5.92 Å². The molecule has 120 valence electrons. The van der Waals surface area contributed by atoms with Gasteiger partial charge in [0.05, 0.1) is 0 Å². The van der Waals surface area contributed by atoms with E-state index in [0.29, 0.717) is 11.8 Å². The van der Waals surface area contributed by atoms with Crippen molar-refractivity contribution < 1.29 is 9.26 Å². The van der Waals surface area contributed by atoms with E-state index < -0.39 is 0 Å². The summed E-state index contributed by atoms with van der Waals surface area (Å²) in [5.41, 5.74) is -0.244. The molecule has 0 amide bonds. The third-order valence-electron chi connectivity index (χ3n) is 4.22. The van der Waals surface area contributed by atoms with Crippen LogP contribution in [-0.4, -0.2) is 29.3 Å². The average molecular weight is 295 g/mol. The number of methoxy groups -OCH3 is 1. The van der Waals surface area contributed by atoms with Crippen LogP contribution >= 0.6 is 0 Å². The summed E-state index contributed by atoms with van der Waals surface area (Å²) in [5.74, 6) is 2.06. The van der Waals surface area contributed by atoms with E-state index >= 15 is 0 Å². The van der Waals surface area contributed by atoms with Crippen molar-refractivity contribution in [1.82, 2.24) is 15.5 Å². The quantitative estimate of drug-likeness (QED) is 0.904. The fourth-order valence-corrected chi connectivity index (χ4v) is 3.07. The Labute approximate surface area is 127 Å². The lowest BCUT2D eigenvalue weighted by atomic mass is 9.78. The molecule has 2 unspecified atom stereocenters. The number of nitrogens with zero attached hydrogens (tertiary/aromatic N) is 2. The summed E-state index contributed by atoms with van der Waals surface area (Å²) in [5, 5.41) is 7.62. The van der Waals surface area contributed by atoms with Crippen LogP contribution in [0.25, 0.3) is 0 Å². The summed E-state index contributed by atoms with van der Waals surface area (Å²) in [6.45, 7) is 9.55. The molecule has 5 heteroatoms. The van der Waals surface area contributed by atoms with E-state index in [1.165, 1.54) is 6.42 Å². The van der Waals surface area contributed by atoms with Crippen molar-refractivity contribution >= 4 is 0 Å². The van der Waals surface area contributed by atoms with Gasteiger partial charge in [-0.3, -0.25) is 0 Å². The van der Waals surface area contributed by atoms with Crippen LogP contribution in [0.2, 0.25) is 0 Å². The van der Waals surface area contributed by atoms with Crippen LogP contribution < -0.4 is 5.32 Å². The van der Waals surface area contributed by atoms with Crippen LogP contribution in [0, 0.1) is 5.92 Å². The van der Waals surface area contributed by atoms with E-state index in [1.54, 1.807) is 7.11 Å². The van der Waals surface area contributed by atoms with Gasteiger partial charge in [-0.2, -0.15) is 4.98 Å². The second-order valence-electron chi connectivity index (χ2n) is 7.34. The molecule has 1 aromatic heterocycles. The maximum absolute atomic E-state index is 5.81. The number of nitrogens with one attached hydrogen (secondary N) is 1. The summed E-state index contributed by atoms with van der Waals surface area (Å²) in [7, 11) is 1.76. The maximum atomic E-state index is 5.81. The molecule has 5 nitrogen and oxygen atoms in total. The molecule has 1 aliphatic carbocycles. The van der Waals surface area contributed by atoms with Gasteiger partial charge in [0.15, 0.2) is 0 Å². The lowest BCUT2D eigenvalue weighted by Gasteiger charge is -2.36. The van der Waals surface area contributed by atoms with Gasteiger partial charge in [0.1, 0.15) is 5.60 Å². The Bertz CT molecular complexity index is 453. The largest absolute Gasteiger partial charge is 0.370 e. The van der Waals surface area contributed by atoms with Gasteiger partial charge in [-0.05, 0) is 46.0 Å². The first-order valence-corrected chi connectivity index (χ1v) is 7.98. The Kier molecular flexibility index (Phi) is 5.04. The van der Waals surface area contributed by atoms with E-state index in [1.807, 2.05) is 0 Å². The molecule has 0 bridgehead atoms. The zero-order valence-corrected chi connectivity index (χ0v) is 14.0. The minimum atomic E-state index is -0.350. The highest BCUT2D eigenvalue weighted by atomic mass is 16.5. The Balaban J connectivity index is 2.01. The lowest BCUT2D eigenvalue weighted by Crippen LogP contribution is -2.37. The highest BCUT2D eigenvalue weighted by Crippen LogP contribution is 2.41. The fraction of sp³-hybridized carbons (Fsp3) is 0.875. The molecular formula is C16H29N3O2.